The maximum atomic E-state index is 13.1. The standard InChI is InChI=1S/C14H17BrFNO4/c1-9(6-10-2-3-12(16)11(15)7-10)14(20)17-4-5-21-8-13(18)19/h2-3,7,9H,4-6,8H2,1H3,(H,17,20)(H,18,19). The third-order valence-electron chi connectivity index (χ3n) is 2.74. The highest BCUT2D eigenvalue weighted by atomic mass is 79.9. The fraction of sp³-hybridized carbons (Fsp3) is 0.429. The van der Waals surface area contributed by atoms with Crippen molar-refractivity contribution in [2.24, 2.45) is 5.92 Å². The molecular weight excluding hydrogens is 345 g/mol. The molecule has 0 bridgehead atoms. The Morgan fingerprint density at radius 1 is 1.48 bits per heavy atom. The summed E-state index contributed by atoms with van der Waals surface area (Å²) in [6, 6.07) is 4.64. The van der Waals surface area contributed by atoms with Gasteiger partial charge in [-0.2, -0.15) is 0 Å². The Kier molecular flexibility index (Phi) is 7.31. The highest BCUT2D eigenvalue weighted by Crippen LogP contribution is 2.19. The van der Waals surface area contributed by atoms with Crippen LogP contribution in [0.25, 0.3) is 0 Å². The molecule has 0 aromatic heterocycles. The number of carbonyl (C=O) groups excluding carboxylic acids is 1. The monoisotopic (exact) mass is 361 g/mol. The van der Waals surface area contributed by atoms with Crippen molar-refractivity contribution in [2.75, 3.05) is 19.8 Å². The van der Waals surface area contributed by atoms with Crippen LogP contribution < -0.4 is 5.32 Å². The van der Waals surface area contributed by atoms with Gasteiger partial charge in [-0.05, 0) is 40.0 Å². The molecule has 0 aliphatic carbocycles. The Morgan fingerprint density at radius 2 is 2.19 bits per heavy atom. The summed E-state index contributed by atoms with van der Waals surface area (Å²) in [7, 11) is 0. The molecule has 1 atom stereocenters. The lowest BCUT2D eigenvalue weighted by atomic mass is 10.0. The lowest BCUT2D eigenvalue weighted by molar-refractivity contribution is -0.142. The van der Waals surface area contributed by atoms with Gasteiger partial charge in [0, 0.05) is 12.5 Å². The van der Waals surface area contributed by atoms with E-state index in [0.29, 0.717) is 10.9 Å². The van der Waals surface area contributed by atoms with Crippen molar-refractivity contribution in [3.8, 4) is 0 Å². The van der Waals surface area contributed by atoms with Crippen molar-refractivity contribution >= 4 is 27.8 Å². The van der Waals surface area contributed by atoms with E-state index < -0.39 is 5.97 Å². The van der Waals surface area contributed by atoms with Crippen molar-refractivity contribution in [1.82, 2.24) is 5.32 Å². The van der Waals surface area contributed by atoms with E-state index in [1.165, 1.54) is 6.07 Å². The van der Waals surface area contributed by atoms with E-state index >= 15 is 0 Å². The van der Waals surface area contributed by atoms with Crippen molar-refractivity contribution < 1.29 is 23.8 Å². The molecule has 0 aliphatic heterocycles. The first-order chi connectivity index (χ1) is 9.90. The first-order valence-electron chi connectivity index (χ1n) is 6.41. The molecule has 1 aromatic carbocycles. The highest BCUT2D eigenvalue weighted by Gasteiger charge is 2.13. The third kappa shape index (κ3) is 6.68. The highest BCUT2D eigenvalue weighted by molar-refractivity contribution is 9.10. The lowest BCUT2D eigenvalue weighted by Crippen LogP contribution is -2.33. The van der Waals surface area contributed by atoms with Crippen LogP contribution in [-0.2, 0) is 20.7 Å². The van der Waals surface area contributed by atoms with Gasteiger partial charge in [-0.3, -0.25) is 4.79 Å². The summed E-state index contributed by atoms with van der Waals surface area (Å²) >= 11 is 3.10. The maximum absolute atomic E-state index is 13.1. The second-order valence-electron chi connectivity index (χ2n) is 4.59. The van der Waals surface area contributed by atoms with Crippen LogP contribution in [0.2, 0.25) is 0 Å². The van der Waals surface area contributed by atoms with Gasteiger partial charge in [-0.1, -0.05) is 13.0 Å². The van der Waals surface area contributed by atoms with E-state index in [0.717, 1.165) is 5.56 Å². The molecule has 1 unspecified atom stereocenters. The molecule has 0 aliphatic rings. The first kappa shape index (κ1) is 17.6. The molecule has 0 saturated carbocycles. The second-order valence-corrected chi connectivity index (χ2v) is 5.45. The van der Waals surface area contributed by atoms with Crippen molar-refractivity contribution in [2.45, 2.75) is 13.3 Å². The van der Waals surface area contributed by atoms with Gasteiger partial charge in [0.2, 0.25) is 5.91 Å². The van der Waals surface area contributed by atoms with Gasteiger partial charge in [0.15, 0.2) is 0 Å². The van der Waals surface area contributed by atoms with E-state index in [1.807, 2.05) is 0 Å². The number of nitrogens with one attached hydrogen (secondary N) is 1. The number of carboxylic acid groups (broad SMARTS) is 1. The second kappa shape index (κ2) is 8.74. The molecule has 0 heterocycles. The van der Waals surface area contributed by atoms with Gasteiger partial charge in [-0.15, -0.1) is 0 Å². The van der Waals surface area contributed by atoms with Gasteiger partial charge in [0.05, 0.1) is 11.1 Å². The van der Waals surface area contributed by atoms with Crippen LogP contribution in [-0.4, -0.2) is 36.7 Å². The molecule has 116 valence electrons. The van der Waals surface area contributed by atoms with Gasteiger partial charge in [0.1, 0.15) is 12.4 Å². The lowest BCUT2D eigenvalue weighted by Gasteiger charge is -2.12. The molecular formula is C14H17BrFNO4. The summed E-state index contributed by atoms with van der Waals surface area (Å²) in [5, 5.41) is 11.0. The van der Waals surface area contributed by atoms with Crippen LogP contribution in [0, 0.1) is 11.7 Å². The molecule has 1 aromatic rings. The first-order valence-corrected chi connectivity index (χ1v) is 7.20. The average Bonchev–Trinajstić information content (AvgIpc) is 2.42. The maximum Gasteiger partial charge on any atom is 0.329 e. The number of aliphatic carboxylic acids is 1. The predicted molar refractivity (Wildman–Crippen MR) is 78.4 cm³/mol. The molecule has 5 nitrogen and oxygen atoms in total. The van der Waals surface area contributed by atoms with Gasteiger partial charge in [0.25, 0.3) is 0 Å². The number of carbonyl (C=O) groups is 2. The summed E-state index contributed by atoms with van der Waals surface area (Å²) in [4.78, 5) is 22.0. The Labute approximate surface area is 130 Å². The van der Waals surface area contributed by atoms with Gasteiger partial charge < -0.3 is 15.2 Å². The molecule has 0 radical (unpaired) electrons. The zero-order valence-corrected chi connectivity index (χ0v) is 13.2. The minimum Gasteiger partial charge on any atom is -0.480 e. The van der Waals surface area contributed by atoms with Crippen molar-refractivity contribution in [3.63, 3.8) is 0 Å². The summed E-state index contributed by atoms with van der Waals surface area (Å²) < 4.78 is 18.3. The molecule has 1 rings (SSSR count). The number of hydrogen-bond donors (Lipinski definition) is 2. The number of amides is 1. The molecule has 2 N–H and O–H groups in total. The van der Waals surface area contributed by atoms with E-state index in [-0.39, 0.29) is 37.4 Å². The summed E-state index contributed by atoms with van der Waals surface area (Å²) in [5.74, 6) is -1.82. The quantitative estimate of drug-likeness (QED) is 0.694. The van der Waals surface area contributed by atoms with E-state index in [4.69, 9.17) is 9.84 Å². The minimum absolute atomic E-state index is 0.146. The minimum atomic E-state index is -1.04. The summed E-state index contributed by atoms with van der Waals surface area (Å²) in [5.41, 5.74) is 0.855. The van der Waals surface area contributed by atoms with Crippen LogP contribution in [0.5, 0.6) is 0 Å². The van der Waals surface area contributed by atoms with E-state index in [2.05, 4.69) is 21.2 Å². The predicted octanol–water partition coefficient (Wildman–Crippen LogP) is 1.98. The van der Waals surface area contributed by atoms with Crippen LogP contribution >= 0.6 is 15.9 Å². The zero-order chi connectivity index (χ0) is 15.8. The molecule has 21 heavy (non-hydrogen) atoms. The Morgan fingerprint density at radius 3 is 2.81 bits per heavy atom. The van der Waals surface area contributed by atoms with Crippen LogP contribution in [0.3, 0.4) is 0 Å². The van der Waals surface area contributed by atoms with Crippen LogP contribution in [0.15, 0.2) is 22.7 Å². The Balaban J connectivity index is 2.33. The molecule has 0 saturated heterocycles. The average molecular weight is 362 g/mol. The van der Waals surface area contributed by atoms with Gasteiger partial charge >= 0.3 is 5.97 Å². The fourth-order valence-electron chi connectivity index (χ4n) is 1.69. The normalized spacial score (nSPS) is 12.0. The number of carboxylic acids is 1. The largest absolute Gasteiger partial charge is 0.480 e. The van der Waals surface area contributed by atoms with E-state index in [9.17, 15) is 14.0 Å². The summed E-state index contributed by atoms with van der Waals surface area (Å²) in [6.07, 6.45) is 0.487. The fourth-order valence-corrected chi connectivity index (χ4v) is 2.12. The Hall–Kier alpha value is -1.47. The van der Waals surface area contributed by atoms with Crippen molar-refractivity contribution in [1.29, 1.82) is 0 Å². The topological polar surface area (TPSA) is 75.6 Å². The summed E-state index contributed by atoms with van der Waals surface area (Å²) in [6.45, 7) is 1.79. The number of benzene rings is 1. The SMILES string of the molecule is CC(Cc1ccc(F)c(Br)c1)C(=O)NCCOCC(=O)O. The van der Waals surface area contributed by atoms with Crippen LogP contribution in [0.1, 0.15) is 12.5 Å². The number of ether oxygens (including phenoxy) is 1. The molecule has 1 amide bonds. The molecule has 7 heteroatoms. The van der Waals surface area contributed by atoms with Crippen LogP contribution in [0.4, 0.5) is 4.39 Å². The smallest absolute Gasteiger partial charge is 0.329 e. The number of rotatable bonds is 8. The third-order valence-corrected chi connectivity index (χ3v) is 3.35. The molecule has 0 fully saturated rings. The Bertz CT molecular complexity index is 510. The van der Waals surface area contributed by atoms with Crippen molar-refractivity contribution in [3.05, 3.63) is 34.1 Å². The number of hydrogen-bond acceptors (Lipinski definition) is 3. The zero-order valence-electron chi connectivity index (χ0n) is 11.6. The number of halogens is 2. The van der Waals surface area contributed by atoms with Gasteiger partial charge in [-0.25, -0.2) is 9.18 Å². The van der Waals surface area contributed by atoms with E-state index in [1.54, 1.807) is 19.1 Å². The molecule has 0 spiro atoms.